The molecule has 1 saturated heterocycles. The molecular formula is C13H20N6O. The van der Waals surface area contributed by atoms with Crippen LogP contribution >= 0.6 is 0 Å². The van der Waals surface area contributed by atoms with Crippen molar-refractivity contribution in [2.24, 2.45) is 0 Å². The third kappa shape index (κ3) is 2.59. The van der Waals surface area contributed by atoms with Gasteiger partial charge in [0.15, 0.2) is 0 Å². The molecule has 3 heterocycles. The van der Waals surface area contributed by atoms with Crippen molar-refractivity contribution in [1.82, 2.24) is 30.1 Å². The van der Waals surface area contributed by atoms with E-state index in [1.165, 1.54) is 5.69 Å². The molecule has 1 fully saturated rings. The lowest BCUT2D eigenvalue weighted by atomic mass is 10.1. The fourth-order valence-corrected chi connectivity index (χ4v) is 2.58. The van der Waals surface area contributed by atoms with E-state index in [2.05, 4.69) is 34.6 Å². The second-order valence-electron chi connectivity index (χ2n) is 5.34. The zero-order valence-electron chi connectivity index (χ0n) is 11.8. The van der Waals surface area contributed by atoms with Crippen LogP contribution in [0.1, 0.15) is 31.6 Å². The van der Waals surface area contributed by atoms with Crippen molar-refractivity contribution < 1.29 is 4.74 Å². The average molecular weight is 276 g/mol. The first-order valence-electron chi connectivity index (χ1n) is 6.95. The van der Waals surface area contributed by atoms with Crippen LogP contribution in [0.15, 0.2) is 24.7 Å². The van der Waals surface area contributed by atoms with Crippen LogP contribution in [0.2, 0.25) is 0 Å². The molecule has 7 heteroatoms. The molecule has 0 amide bonds. The first-order valence-corrected chi connectivity index (χ1v) is 6.95. The van der Waals surface area contributed by atoms with E-state index in [-0.39, 0.29) is 12.1 Å². The predicted octanol–water partition coefficient (Wildman–Crippen LogP) is 0.785. The molecule has 1 aliphatic heterocycles. The van der Waals surface area contributed by atoms with Gasteiger partial charge in [-0.05, 0) is 19.9 Å². The Hall–Kier alpha value is -1.73. The maximum atomic E-state index is 5.57. The third-order valence-electron chi connectivity index (χ3n) is 3.62. The fourth-order valence-electron chi connectivity index (χ4n) is 2.58. The van der Waals surface area contributed by atoms with Crippen LogP contribution in [-0.2, 0) is 11.3 Å². The summed E-state index contributed by atoms with van der Waals surface area (Å²) in [5.74, 6) is 0. The van der Waals surface area contributed by atoms with Gasteiger partial charge in [-0.1, -0.05) is 5.21 Å². The quantitative estimate of drug-likeness (QED) is 0.874. The summed E-state index contributed by atoms with van der Waals surface area (Å²) in [6, 6.07) is 2.86. The molecule has 1 N–H and O–H groups in total. The van der Waals surface area contributed by atoms with Gasteiger partial charge in [0.2, 0.25) is 0 Å². The molecule has 3 rings (SSSR count). The molecule has 2 atom stereocenters. The van der Waals surface area contributed by atoms with Gasteiger partial charge < -0.3 is 10.1 Å². The number of rotatable bonds is 5. The standard InChI is InChI=1S/C13H20N6O/c1-10(2)19-11(3-4-16-19)7-14-12-8-20-9-13(12)18-6-5-15-17-18/h3-6,10,12-14H,7-9H2,1-2H3/t12-,13+/m0/s1. The minimum Gasteiger partial charge on any atom is -0.377 e. The number of aromatic nitrogens is 5. The summed E-state index contributed by atoms with van der Waals surface area (Å²) >= 11 is 0. The topological polar surface area (TPSA) is 69.8 Å². The van der Waals surface area contributed by atoms with Gasteiger partial charge in [-0.25, -0.2) is 4.68 Å². The lowest BCUT2D eigenvalue weighted by Crippen LogP contribution is -2.37. The Morgan fingerprint density at radius 2 is 2.30 bits per heavy atom. The van der Waals surface area contributed by atoms with Crippen molar-refractivity contribution >= 4 is 0 Å². The predicted molar refractivity (Wildman–Crippen MR) is 73.1 cm³/mol. The van der Waals surface area contributed by atoms with E-state index in [1.54, 1.807) is 6.20 Å². The Kier molecular flexibility index (Phi) is 3.79. The molecule has 20 heavy (non-hydrogen) atoms. The molecule has 108 valence electrons. The second-order valence-corrected chi connectivity index (χ2v) is 5.34. The molecule has 0 bridgehead atoms. The molecule has 0 spiro atoms. The van der Waals surface area contributed by atoms with Crippen molar-refractivity contribution in [3.05, 3.63) is 30.4 Å². The van der Waals surface area contributed by atoms with E-state index in [4.69, 9.17) is 4.74 Å². The molecule has 0 unspecified atom stereocenters. The zero-order valence-corrected chi connectivity index (χ0v) is 11.8. The van der Waals surface area contributed by atoms with Crippen LogP contribution in [0.3, 0.4) is 0 Å². The van der Waals surface area contributed by atoms with E-state index >= 15 is 0 Å². The number of ether oxygens (including phenoxy) is 1. The highest BCUT2D eigenvalue weighted by atomic mass is 16.5. The second kappa shape index (κ2) is 5.72. The SMILES string of the molecule is CC(C)n1nccc1CN[C@H]1COC[C@H]1n1ccnn1. The largest absolute Gasteiger partial charge is 0.377 e. The molecule has 2 aromatic heterocycles. The minimum atomic E-state index is 0.202. The van der Waals surface area contributed by atoms with Crippen molar-refractivity contribution in [3.8, 4) is 0 Å². The van der Waals surface area contributed by atoms with Crippen LogP contribution in [-0.4, -0.2) is 44.0 Å². The molecule has 2 aromatic rings. The first kappa shape index (κ1) is 13.3. The summed E-state index contributed by atoms with van der Waals surface area (Å²) in [6.07, 6.45) is 5.42. The highest BCUT2D eigenvalue weighted by molar-refractivity contribution is 5.02. The van der Waals surface area contributed by atoms with E-state index in [0.717, 1.165) is 6.54 Å². The number of hydrogen-bond acceptors (Lipinski definition) is 5. The number of hydrogen-bond donors (Lipinski definition) is 1. The summed E-state index contributed by atoms with van der Waals surface area (Å²) in [7, 11) is 0. The first-order chi connectivity index (χ1) is 9.75. The summed E-state index contributed by atoms with van der Waals surface area (Å²) in [5.41, 5.74) is 1.18. The van der Waals surface area contributed by atoms with Crippen molar-refractivity contribution in [3.63, 3.8) is 0 Å². The van der Waals surface area contributed by atoms with Gasteiger partial charge in [0, 0.05) is 25.0 Å². The maximum absolute atomic E-state index is 5.57. The van der Waals surface area contributed by atoms with E-state index in [0.29, 0.717) is 19.3 Å². The van der Waals surface area contributed by atoms with E-state index < -0.39 is 0 Å². The van der Waals surface area contributed by atoms with Gasteiger partial charge >= 0.3 is 0 Å². The third-order valence-corrected chi connectivity index (χ3v) is 3.62. The number of nitrogens with one attached hydrogen (secondary N) is 1. The summed E-state index contributed by atoms with van der Waals surface area (Å²) < 4.78 is 9.47. The van der Waals surface area contributed by atoms with Crippen molar-refractivity contribution in [1.29, 1.82) is 0 Å². The molecule has 0 aliphatic carbocycles. The Balaban J connectivity index is 1.64. The van der Waals surface area contributed by atoms with Crippen LogP contribution in [0, 0.1) is 0 Å². The zero-order chi connectivity index (χ0) is 13.9. The summed E-state index contributed by atoms with van der Waals surface area (Å²) in [6.45, 7) is 6.41. The monoisotopic (exact) mass is 276 g/mol. The van der Waals surface area contributed by atoms with Crippen molar-refractivity contribution in [2.75, 3.05) is 13.2 Å². The molecule has 1 aliphatic rings. The van der Waals surface area contributed by atoms with Gasteiger partial charge in [-0.15, -0.1) is 5.10 Å². The Labute approximate surface area is 117 Å². The van der Waals surface area contributed by atoms with Gasteiger partial charge in [-0.2, -0.15) is 5.10 Å². The molecule has 0 saturated carbocycles. The smallest absolute Gasteiger partial charge is 0.0945 e. The van der Waals surface area contributed by atoms with Gasteiger partial charge in [0.1, 0.15) is 0 Å². The van der Waals surface area contributed by atoms with Gasteiger partial charge in [0.05, 0.1) is 37.2 Å². The fraction of sp³-hybridized carbons (Fsp3) is 0.615. The van der Waals surface area contributed by atoms with Crippen LogP contribution in [0.4, 0.5) is 0 Å². The molecular weight excluding hydrogens is 256 g/mol. The lowest BCUT2D eigenvalue weighted by molar-refractivity contribution is 0.181. The molecule has 0 radical (unpaired) electrons. The molecule has 0 aromatic carbocycles. The number of nitrogens with zero attached hydrogens (tertiary/aromatic N) is 5. The minimum absolute atomic E-state index is 0.202. The van der Waals surface area contributed by atoms with Gasteiger partial charge in [-0.3, -0.25) is 4.68 Å². The normalized spacial score (nSPS) is 22.8. The Bertz CT molecular complexity index is 535. The highest BCUT2D eigenvalue weighted by Crippen LogP contribution is 2.19. The maximum Gasteiger partial charge on any atom is 0.0945 e. The highest BCUT2D eigenvalue weighted by Gasteiger charge is 2.30. The van der Waals surface area contributed by atoms with Crippen LogP contribution in [0.5, 0.6) is 0 Å². The average Bonchev–Trinajstić information content (AvgIpc) is 3.16. The molecule has 7 nitrogen and oxygen atoms in total. The van der Waals surface area contributed by atoms with E-state index in [9.17, 15) is 0 Å². The van der Waals surface area contributed by atoms with E-state index in [1.807, 2.05) is 27.8 Å². The summed E-state index contributed by atoms with van der Waals surface area (Å²) in [5, 5.41) is 15.8. The Morgan fingerprint density at radius 3 is 3.05 bits per heavy atom. The van der Waals surface area contributed by atoms with Crippen molar-refractivity contribution in [2.45, 2.75) is 38.5 Å². The van der Waals surface area contributed by atoms with Crippen LogP contribution in [0.25, 0.3) is 0 Å². The van der Waals surface area contributed by atoms with Gasteiger partial charge in [0.25, 0.3) is 0 Å². The van der Waals surface area contributed by atoms with Crippen LogP contribution < -0.4 is 5.32 Å². The summed E-state index contributed by atoms with van der Waals surface area (Å²) in [4.78, 5) is 0. The Morgan fingerprint density at radius 1 is 1.40 bits per heavy atom. The lowest BCUT2D eigenvalue weighted by Gasteiger charge is -2.19.